The van der Waals surface area contributed by atoms with Gasteiger partial charge in [-0.1, -0.05) is 45.9 Å². The average Bonchev–Trinajstić information content (AvgIpc) is 2.99. The van der Waals surface area contributed by atoms with Crippen molar-refractivity contribution in [1.29, 1.82) is 0 Å². The number of aliphatic hydroxyl groups is 2. The Labute approximate surface area is 143 Å². The number of rotatable bonds is 6. The summed E-state index contributed by atoms with van der Waals surface area (Å²) in [5, 5.41) is 20.8. The summed E-state index contributed by atoms with van der Waals surface area (Å²) in [7, 11) is -3.84. The van der Waals surface area contributed by atoms with Gasteiger partial charge in [-0.05, 0) is 30.0 Å². The topological polar surface area (TPSA) is 79.5 Å². The maximum absolute atomic E-state index is 13.0. The molecule has 0 amide bonds. The zero-order valence-corrected chi connectivity index (χ0v) is 15.2. The largest absolute Gasteiger partial charge is 0.388 e. The molecule has 2 atom stereocenters. The zero-order valence-electron chi connectivity index (χ0n) is 14.4. The lowest BCUT2D eigenvalue weighted by Gasteiger charge is -2.17. The molecule has 2 unspecified atom stereocenters. The van der Waals surface area contributed by atoms with Crippen LogP contribution in [0.15, 0.2) is 47.5 Å². The van der Waals surface area contributed by atoms with Gasteiger partial charge in [-0.3, -0.25) is 0 Å². The summed E-state index contributed by atoms with van der Waals surface area (Å²) in [6, 6.07) is 9.65. The summed E-state index contributed by atoms with van der Waals surface area (Å²) in [5.74, 6) is -0.224. The molecule has 2 rings (SSSR count). The first kappa shape index (κ1) is 18.7. The highest BCUT2D eigenvalue weighted by molar-refractivity contribution is 7.90. The number of aromatic nitrogens is 1. The van der Waals surface area contributed by atoms with Crippen molar-refractivity contribution in [2.24, 2.45) is 11.8 Å². The number of hydrogen-bond acceptors (Lipinski definition) is 4. The molecule has 2 N–H and O–H groups in total. The Kier molecular flexibility index (Phi) is 5.52. The van der Waals surface area contributed by atoms with Crippen LogP contribution in [-0.2, 0) is 10.0 Å². The molecule has 0 saturated heterocycles. The predicted molar refractivity (Wildman–Crippen MR) is 93.1 cm³/mol. The van der Waals surface area contributed by atoms with E-state index >= 15 is 0 Å². The van der Waals surface area contributed by atoms with Crippen LogP contribution in [0, 0.1) is 11.8 Å². The van der Waals surface area contributed by atoms with E-state index in [0.29, 0.717) is 5.56 Å². The summed E-state index contributed by atoms with van der Waals surface area (Å²) in [6.07, 6.45) is -0.333. The van der Waals surface area contributed by atoms with Crippen LogP contribution in [0.2, 0.25) is 0 Å². The Morgan fingerprint density at radius 2 is 1.46 bits per heavy atom. The molecule has 0 aliphatic heterocycles. The SMILES string of the molecule is CC(C)C(O)c1cc(C(O)C(C)C)n(S(=O)(=O)c2ccccc2)c1. The van der Waals surface area contributed by atoms with Gasteiger partial charge in [-0.25, -0.2) is 12.4 Å². The molecule has 6 heteroatoms. The van der Waals surface area contributed by atoms with Crippen LogP contribution in [0.5, 0.6) is 0 Å². The number of aliphatic hydroxyl groups excluding tert-OH is 2. The molecule has 0 saturated carbocycles. The third-order valence-electron chi connectivity index (χ3n) is 4.04. The Morgan fingerprint density at radius 3 is 1.96 bits per heavy atom. The molecule has 0 fully saturated rings. The fourth-order valence-electron chi connectivity index (χ4n) is 2.50. The maximum atomic E-state index is 13.0. The first-order valence-corrected chi connectivity index (χ1v) is 9.49. The summed E-state index contributed by atoms with van der Waals surface area (Å²) < 4.78 is 27.0. The first-order chi connectivity index (χ1) is 11.2. The molecule has 0 aliphatic rings. The summed E-state index contributed by atoms with van der Waals surface area (Å²) >= 11 is 0. The molecule has 0 aliphatic carbocycles. The highest BCUT2D eigenvalue weighted by Crippen LogP contribution is 2.31. The Morgan fingerprint density at radius 1 is 0.917 bits per heavy atom. The van der Waals surface area contributed by atoms with Crippen LogP contribution in [0.3, 0.4) is 0 Å². The average molecular weight is 351 g/mol. The van der Waals surface area contributed by atoms with Crippen LogP contribution in [0.1, 0.15) is 51.2 Å². The van der Waals surface area contributed by atoms with E-state index in [4.69, 9.17) is 0 Å². The van der Waals surface area contributed by atoms with Gasteiger partial charge < -0.3 is 10.2 Å². The number of hydrogen-bond donors (Lipinski definition) is 2. The Balaban J connectivity index is 2.63. The van der Waals surface area contributed by atoms with Gasteiger partial charge >= 0.3 is 0 Å². The lowest BCUT2D eigenvalue weighted by atomic mass is 10.00. The molecule has 132 valence electrons. The molecule has 1 heterocycles. The van der Waals surface area contributed by atoms with Crippen molar-refractivity contribution in [2.75, 3.05) is 0 Å². The smallest absolute Gasteiger partial charge is 0.267 e. The van der Waals surface area contributed by atoms with Gasteiger partial charge in [0.05, 0.1) is 22.8 Å². The second-order valence-electron chi connectivity index (χ2n) is 6.69. The van der Waals surface area contributed by atoms with E-state index in [1.807, 2.05) is 27.7 Å². The highest BCUT2D eigenvalue weighted by atomic mass is 32.2. The van der Waals surface area contributed by atoms with Crippen molar-refractivity contribution in [2.45, 2.75) is 44.8 Å². The quantitative estimate of drug-likeness (QED) is 0.838. The van der Waals surface area contributed by atoms with Crippen LogP contribution < -0.4 is 0 Å². The third-order valence-corrected chi connectivity index (χ3v) is 5.74. The van der Waals surface area contributed by atoms with E-state index in [2.05, 4.69) is 0 Å². The van der Waals surface area contributed by atoms with E-state index in [1.54, 1.807) is 24.3 Å². The molecule has 2 aromatic rings. The predicted octanol–water partition coefficient (Wildman–Crippen LogP) is 3.10. The zero-order chi connectivity index (χ0) is 18.1. The summed E-state index contributed by atoms with van der Waals surface area (Å²) in [5.41, 5.74) is 0.753. The second-order valence-corrected chi connectivity index (χ2v) is 8.50. The minimum Gasteiger partial charge on any atom is -0.388 e. The summed E-state index contributed by atoms with van der Waals surface area (Å²) in [4.78, 5) is 0.142. The van der Waals surface area contributed by atoms with Crippen molar-refractivity contribution >= 4 is 10.0 Å². The molecular formula is C18H25NO4S. The third kappa shape index (κ3) is 3.55. The van der Waals surface area contributed by atoms with Crippen molar-refractivity contribution in [3.8, 4) is 0 Å². The van der Waals surface area contributed by atoms with Crippen LogP contribution in [0.4, 0.5) is 0 Å². The van der Waals surface area contributed by atoms with Gasteiger partial charge in [-0.15, -0.1) is 0 Å². The van der Waals surface area contributed by atoms with Crippen LogP contribution >= 0.6 is 0 Å². The fraction of sp³-hybridized carbons (Fsp3) is 0.444. The fourth-order valence-corrected chi connectivity index (χ4v) is 3.93. The first-order valence-electron chi connectivity index (χ1n) is 8.05. The van der Waals surface area contributed by atoms with Crippen LogP contribution in [0.25, 0.3) is 0 Å². The normalized spacial score (nSPS) is 15.0. The van der Waals surface area contributed by atoms with Crippen molar-refractivity contribution in [1.82, 2.24) is 3.97 Å². The monoisotopic (exact) mass is 351 g/mol. The van der Waals surface area contributed by atoms with Gasteiger partial charge in [0.1, 0.15) is 0 Å². The Bertz CT molecular complexity index is 779. The Hall–Kier alpha value is -1.63. The molecule has 1 aromatic carbocycles. The molecule has 0 radical (unpaired) electrons. The van der Waals surface area contributed by atoms with Crippen molar-refractivity contribution in [3.63, 3.8) is 0 Å². The molecule has 0 bridgehead atoms. The van der Waals surface area contributed by atoms with Gasteiger partial charge in [0.2, 0.25) is 0 Å². The van der Waals surface area contributed by atoms with Crippen molar-refractivity contribution < 1.29 is 18.6 Å². The molecular weight excluding hydrogens is 326 g/mol. The van der Waals surface area contributed by atoms with Gasteiger partial charge in [0.25, 0.3) is 10.0 Å². The van der Waals surface area contributed by atoms with E-state index in [1.165, 1.54) is 18.3 Å². The van der Waals surface area contributed by atoms with Gasteiger partial charge in [0.15, 0.2) is 0 Å². The second kappa shape index (κ2) is 7.09. The lowest BCUT2D eigenvalue weighted by molar-refractivity contribution is 0.120. The minimum atomic E-state index is -3.84. The highest BCUT2D eigenvalue weighted by Gasteiger charge is 2.28. The maximum Gasteiger partial charge on any atom is 0.267 e. The van der Waals surface area contributed by atoms with E-state index in [0.717, 1.165) is 3.97 Å². The van der Waals surface area contributed by atoms with E-state index < -0.39 is 22.2 Å². The number of benzene rings is 1. The summed E-state index contributed by atoms with van der Waals surface area (Å²) in [6.45, 7) is 7.34. The van der Waals surface area contributed by atoms with Gasteiger partial charge in [0, 0.05) is 11.8 Å². The van der Waals surface area contributed by atoms with Crippen LogP contribution in [-0.4, -0.2) is 22.6 Å². The lowest BCUT2D eigenvalue weighted by Crippen LogP contribution is -2.19. The molecule has 0 spiro atoms. The molecule has 24 heavy (non-hydrogen) atoms. The number of nitrogens with zero attached hydrogens (tertiary/aromatic N) is 1. The molecule has 1 aromatic heterocycles. The van der Waals surface area contributed by atoms with E-state index in [9.17, 15) is 18.6 Å². The minimum absolute atomic E-state index is 0.0654. The van der Waals surface area contributed by atoms with E-state index in [-0.39, 0.29) is 22.4 Å². The van der Waals surface area contributed by atoms with Gasteiger partial charge in [-0.2, -0.15) is 0 Å². The van der Waals surface area contributed by atoms with Crippen molar-refractivity contribution in [3.05, 3.63) is 53.9 Å². The molecule has 5 nitrogen and oxygen atoms in total. The standard InChI is InChI=1S/C18H25NO4S/c1-12(2)17(20)14-10-16(18(21)13(3)4)19(11-14)24(22,23)15-8-6-5-7-9-15/h5-13,17-18,20-21H,1-4H3.